The van der Waals surface area contributed by atoms with Gasteiger partial charge in [0.1, 0.15) is 11.6 Å². The lowest BCUT2D eigenvalue weighted by Gasteiger charge is -2.19. The summed E-state index contributed by atoms with van der Waals surface area (Å²) in [7, 11) is 5.76. The molecular formula is C28H30FN5O2. The molecule has 0 saturated carbocycles. The number of rotatable bonds is 8. The van der Waals surface area contributed by atoms with Gasteiger partial charge in [-0.3, -0.25) is 14.2 Å². The van der Waals surface area contributed by atoms with Gasteiger partial charge in [0, 0.05) is 37.1 Å². The zero-order chi connectivity index (χ0) is 25.8. The van der Waals surface area contributed by atoms with E-state index < -0.39 is 0 Å². The number of anilines is 1. The molecule has 0 aliphatic heterocycles. The first-order valence-electron chi connectivity index (χ1n) is 11.8. The maximum Gasteiger partial charge on any atom is 0.255 e. The van der Waals surface area contributed by atoms with Gasteiger partial charge < -0.3 is 15.1 Å². The largest absolute Gasteiger partial charge is 0.344 e. The summed E-state index contributed by atoms with van der Waals surface area (Å²) in [5, 5.41) is 2.91. The maximum absolute atomic E-state index is 13.4. The van der Waals surface area contributed by atoms with Gasteiger partial charge in [0.2, 0.25) is 5.91 Å². The number of nitrogens with zero attached hydrogens (tertiary/aromatic N) is 4. The van der Waals surface area contributed by atoms with Crippen LogP contribution < -0.4 is 5.32 Å². The first kappa shape index (κ1) is 25.1. The fourth-order valence-electron chi connectivity index (χ4n) is 3.95. The number of carbonyl (C=O) groups excluding carboxylic acids is 2. The number of carbonyl (C=O) groups is 2. The molecule has 0 aliphatic rings. The highest BCUT2D eigenvalue weighted by molar-refractivity contribution is 6.06. The fourth-order valence-corrected chi connectivity index (χ4v) is 3.95. The van der Waals surface area contributed by atoms with E-state index in [-0.39, 0.29) is 17.6 Å². The van der Waals surface area contributed by atoms with E-state index in [9.17, 15) is 14.0 Å². The second-order valence-corrected chi connectivity index (χ2v) is 9.12. The molecule has 0 atom stereocenters. The van der Waals surface area contributed by atoms with Crippen LogP contribution in [0.25, 0.3) is 16.7 Å². The van der Waals surface area contributed by atoms with Crippen molar-refractivity contribution >= 4 is 28.5 Å². The number of halogens is 1. The van der Waals surface area contributed by atoms with E-state index in [1.54, 1.807) is 54.4 Å². The molecule has 2 amide bonds. The first-order chi connectivity index (χ1) is 17.2. The minimum Gasteiger partial charge on any atom is -0.344 e. The fraction of sp³-hybridized carbons (Fsp3) is 0.250. The third-order valence-electron chi connectivity index (χ3n) is 6.04. The van der Waals surface area contributed by atoms with Gasteiger partial charge in [0.25, 0.3) is 5.91 Å². The average Bonchev–Trinajstić information content (AvgIpc) is 3.19. The Morgan fingerprint density at radius 2 is 1.64 bits per heavy atom. The van der Waals surface area contributed by atoms with Gasteiger partial charge in [-0.1, -0.05) is 12.1 Å². The molecular weight excluding hydrogens is 457 g/mol. The Labute approximate surface area is 210 Å². The molecule has 0 unspecified atom stereocenters. The lowest BCUT2D eigenvalue weighted by atomic mass is 10.1. The summed E-state index contributed by atoms with van der Waals surface area (Å²) >= 11 is 0. The van der Waals surface area contributed by atoms with Crippen LogP contribution in [-0.2, 0) is 11.2 Å². The number of aromatic nitrogens is 2. The summed E-state index contributed by atoms with van der Waals surface area (Å²) in [5.74, 6) is 0.225. The van der Waals surface area contributed by atoms with Crippen LogP contribution in [0.15, 0.2) is 66.7 Å². The molecule has 1 N–H and O–H groups in total. The molecule has 0 fully saturated rings. The van der Waals surface area contributed by atoms with E-state index in [0.29, 0.717) is 24.2 Å². The zero-order valence-electron chi connectivity index (χ0n) is 21.0. The molecule has 0 aliphatic carbocycles. The molecule has 186 valence electrons. The van der Waals surface area contributed by atoms with E-state index in [0.717, 1.165) is 34.7 Å². The van der Waals surface area contributed by atoms with Gasteiger partial charge in [-0.2, -0.15) is 0 Å². The second-order valence-electron chi connectivity index (χ2n) is 9.12. The Hall–Kier alpha value is -4.04. The van der Waals surface area contributed by atoms with Gasteiger partial charge in [-0.25, -0.2) is 9.37 Å². The lowest BCUT2D eigenvalue weighted by molar-refractivity contribution is -0.129. The number of nitrogens with one attached hydrogen (secondary N) is 1. The number of amides is 2. The molecule has 7 nitrogen and oxygen atoms in total. The monoisotopic (exact) mass is 487 g/mol. The van der Waals surface area contributed by atoms with Crippen LogP contribution in [0.1, 0.15) is 21.7 Å². The Bertz CT molecular complexity index is 1380. The van der Waals surface area contributed by atoms with Crippen LogP contribution in [-0.4, -0.2) is 65.4 Å². The van der Waals surface area contributed by atoms with E-state index >= 15 is 0 Å². The summed E-state index contributed by atoms with van der Waals surface area (Å²) in [6, 6.07) is 18.8. The van der Waals surface area contributed by atoms with Crippen molar-refractivity contribution in [3.63, 3.8) is 0 Å². The van der Waals surface area contributed by atoms with Gasteiger partial charge in [0.15, 0.2) is 0 Å². The Morgan fingerprint density at radius 1 is 0.944 bits per heavy atom. The summed E-state index contributed by atoms with van der Waals surface area (Å²) in [6.07, 6.45) is 0.307. The molecule has 1 aromatic heterocycles. The van der Waals surface area contributed by atoms with Crippen molar-refractivity contribution in [2.75, 3.05) is 39.5 Å². The van der Waals surface area contributed by atoms with Gasteiger partial charge >= 0.3 is 0 Å². The smallest absolute Gasteiger partial charge is 0.255 e. The van der Waals surface area contributed by atoms with E-state index in [1.165, 1.54) is 12.1 Å². The number of likely N-dealkylation sites (N-methyl/N-ethyl adjacent to an activating group) is 2. The van der Waals surface area contributed by atoms with Crippen molar-refractivity contribution in [3.05, 3.63) is 89.5 Å². The third-order valence-corrected chi connectivity index (χ3v) is 6.04. The van der Waals surface area contributed by atoms with Crippen LogP contribution in [0.4, 0.5) is 10.1 Å². The third kappa shape index (κ3) is 5.78. The minimum atomic E-state index is -0.312. The van der Waals surface area contributed by atoms with Crippen molar-refractivity contribution in [1.29, 1.82) is 0 Å². The van der Waals surface area contributed by atoms with Crippen LogP contribution in [0.3, 0.4) is 0 Å². The van der Waals surface area contributed by atoms with E-state index in [2.05, 4.69) is 10.3 Å². The van der Waals surface area contributed by atoms with Crippen LogP contribution in [0.2, 0.25) is 0 Å². The number of imidazole rings is 1. The molecule has 3 aromatic carbocycles. The molecule has 0 saturated heterocycles. The predicted octanol–water partition coefficient (Wildman–Crippen LogP) is 4.29. The minimum absolute atomic E-state index is 0.0509. The van der Waals surface area contributed by atoms with Crippen LogP contribution in [0, 0.1) is 12.7 Å². The maximum atomic E-state index is 13.4. The molecule has 36 heavy (non-hydrogen) atoms. The zero-order valence-corrected chi connectivity index (χ0v) is 21.0. The normalized spacial score (nSPS) is 11.2. The van der Waals surface area contributed by atoms with E-state index in [4.69, 9.17) is 0 Å². The molecule has 0 radical (unpaired) electrons. The van der Waals surface area contributed by atoms with Gasteiger partial charge in [0.05, 0.1) is 17.5 Å². The predicted molar refractivity (Wildman–Crippen MR) is 140 cm³/mol. The summed E-state index contributed by atoms with van der Waals surface area (Å²) in [5.41, 5.74) is 4.28. The standard InChI is InChI=1S/C28H30FN5O2/c1-19-30-25-14-7-21(18-26(25)34(19)24-12-8-22(29)9-13-24)28(36)31-23-10-5-20(6-11-23)17-27(35)33(4)16-15-32(2)3/h5-14,18H,15-17H2,1-4H3,(H,31,36). The number of aryl methyl sites for hydroxylation is 1. The van der Waals surface area contributed by atoms with Crippen molar-refractivity contribution in [2.24, 2.45) is 0 Å². The lowest BCUT2D eigenvalue weighted by Crippen LogP contribution is -2.34. The molecule has 0 spiro atoms. The molecule has 0 bridgehead atoms. The first-order valence-corrected chi connectivity index (χ1v) is 11.8. The summed E-state index contributed by atoms with van der Waals surface area (Å²) < 4.78 is 15.3. The highest BCUT2D eigenvalue weighted by Gasteiger charge is 2.14. The van der Waals surface area contributed by atoms with Crippen molar-refractivity contribution < 1.29 is 14.0 Å². The molecule has 4 rings (SSSR count). The van der Waals surface area contributed by atoms with Crippen molar-refractivity contribution in [2.45, 2.75) is 13.3 Å². The molecule has 8 heteroatoms. The van der Waals surface area contributed by atoms with Gasteiger partial charge in [-0.15, -0.1) is 0 Å². The van der Waals surface area contributed by atoms with Crippen LogP contribution in [0.5, 0.6) is 0 Å². The van der Waals surface area contributed by atoms with Crippen molar-refractivity contribution in [1.82, 2.24) is 19.4 Å². The van der Waals surface area contributed by atoms with Crippen molar-refractivity contribution in [3.8, 4) is 5.69 Å². The SMILES string of the molecule is Cc1nc2ccc(C(=O)Nc3ccc(CC(=O)N(C)CCN(C)C)cc3)cc2n1-c1ccc(F)cc1. The molecule has 4 aromatic rings. The topological polar surface area (TPSA) is 70.5 Å². The highest BCUT2D eigenvalue weighted by atomic mass is 19.1. The van der Waals surface area contributed by atoms with Gasteiger partial charge in [-0.05, 0) is 81.2 Å². The summed E-state index contributed by atoms with van der Waals surface area (Å²) in [6.45, 7) is 3.35. The summed E-state index contributed by atoms with van der Waals surface area (Å²) in [4.78, 5) is 33.8. The van der Waals surface area contributed by atoms with E-state index in [1.807, 2.05) is 42.6 Å². The Morgan fingerprint density at radius 3 is 2.31 bits per heavy atom. The average molecular weight is 488 g/mol. The number of hydrogen-bond donors (Lipinski definition) is 1. The Balaban J connectivity index is 1.46. The number of fused-ring (bicyclic) bond motifs is 1. The molecule has 1 heterocycles. The number of hydrogen-bond acceptors (Lipinski definition) is 4. The highest BCUT2D eigenvalue weighted by Crippen LogP contribution is 2.23. The van der Waals surface area contributed by atoms with Crippen LogP contribution >= 0.6 is 0 Å². The number of benzene rings is 3. The Kier molecular flexibility index (Phi) is 7.45. The quantitative estimate of drug-likeness (QED) is 0.403. The second kappa shape index (κ2) is 10.7.